The number of amides is 1. The first-order valence-corrected chi connectivity index (χ1v) is 4.85. The summed E-state index contributed by atoms with van der Waals surface area (Å²) < 4.78 is 0. The Hall–Kier alpha value is -1.10. The molecule has 80 valence electrons. The third-order valence-corrected chi connectivity index (χ3v) is 2.45. The van der Waals surface area contributed by atoms with Crippen LogP contribution in [0.25, 0.3) is 0 Å². The molecule has 5 nitrogen and oxygen atoms in total. The van der Waals surface area contributed by atoms with Gasteiger partial charge in [0.1, 0.15) is 0 Å². The predicted molar refractivity (Wildman–Crippen MR) is 50.6 cm³/mol. The van der Waals surface area contributed by atoms with Crippen molar-refractivity contribution in [1.82, 2.24) is 4.90 Å². The van der Waals surface area contributed by atoms with Gasteiger partial charge < -0.3 is 15.7 Å². The molecule has 0 aromatic carbocycles. The molecule has 1 atom stereocenters. The van der Waals surface area contributed by atoms with Gasteiger partial charge in [0.25, 0.3) is 0 Å². The van der Waals surface area contributed by atoms with Crippen LogP contribution in [0.15, 0.2) is 0 Å². The minimum Gasteiger partial charge on any atom is -0.481 e. The van der Waals surface area contributed by atoms with Crippen molar-refractivity contribution >= 4 is 11.9 Å². The fourth-order valence-electron chi connectivity index (χ4n) is 1.60. The molecule has 1 amide bonds. The van der Waals surface area contributed by atoms with E-state index >= 15 is 0 Å². The number of nitrogens with zero attached hydrogens (tertiary/aromatic N) is 1. The van der Waals surface area contributed by atoms with Crippen LogP contribution in [0.1, 0.15) is 19.3 Å². The molecule has 1 fully saturated rings. The zero-order valence-corrected chi connectivity index (χ0v) is 8.11. The first-order chi connectivity index (χ1) is 6.65. The molecule has 0 spiro atoms. The highest BCUT2D eigenvalue weighted by Gasteiger charge is 2.33. The van der Waals surface area contributed by atoms with Crippen molar-refractivity contribution in [3.63, 3.8) is 0 Å². The standard InChI is InChI=1S/C9H16N2O3/c10-3-1-2-4-11-6-7(9(13)14)5-8(11)12/h7H,1-6,10H2,(H,13,14). The van der Waals surface area contributed by atoms with Gasteiger partial charge in [0.15, 0.2) is 0 Å². The number of likely N-dealkylation sites (tertiary alicyclic amines) is 1. The number of hydrogen-bond acceptors (Lipinski definition) is 3. The Labute approximate surface area is 82.9 Å². The minimum atomic E-state index is -0.875. The molecule has 0 aliphatic carbocycles. The molecule has 0 bridgehead atoms. The number of carboxylic acids is 1. The molecule has 1 aliphatic heterocycles. The van der Waals surface area contributed by atoms with Crippen molar-refractivity contribution in [1.29, 1.82) is 0 Å². The van der Waals surface area contributed by atoms with Crippen LogP contribution < -0.4 is 5.73 Å². The second kappa shape index (κ2) is 4.95. The zero-order chi connectivity index (χ0) is 10.6. The lowest BCUT2D eigenvalue weighted by molar-refractivity contribution is -0.141. The summed E-state index contributed by atoms with van der Waals surface area (Å²) in [7, 11) is 0. The summed E-state index contributed by atoms with van der Waals surface area (Å²) >= 11 is 0. The maximum Gasteiger partial charge on any atom is 0.308 e. The summed E-state index contributed by atoms with van der Waals surface area (Å²) in [6, 6.07) is 0. The third-order valence-electron chi connectivity index (χ3n) is 2.45. The Kier molecular flexibility index (Phi) is 3.88. The normalized spacial score (nSPS) is 21.6. The van der Waals surface area contributed by atoms with Crippen molar-refractivity contribution in [3.05, 3.63) is 0 Å². The Balaban J connectivity index is 2.33. The lowest BCUT2D eigenvalue weighted by atomic mass is 10.1. The molecule has 1 aliphatic rings. The maximum absolute atomic E-state index is 11.3. The Bertz CT molecular complexity index is 230. The summed E-state index contributed by atoms with van der Waals surface area (Å²) in [4.78, 5) is 23.6. The molecule has 0 aromatic rings. The number of rotatable bonds is 5. The number of hydrogen-bond donors (Lipinski definition) is 2. The average molecular weight is 200 g/mol. The number of carboxylic acid groups (broad SMARTS) is 1. The van der Waals surface area contributed by atoms with Crippen molar-refractivity contribution in [2.45, 2.75) is 19.3 Å². The molecular weight excluding hydrogens is 184 g/mol. The minimum absolute atomic E-state index is 0.0468. The van der Waals surface area contributed by atoms with Gasteiger partial charge in [0.05, 0.1) is 5.92 Å². The van der Waals surface area contributed by atoms with Gasteiger partial charge in [-0.2, -0.15) is 0 Å². The number of aliphatic carboxylic acids is 1. The fourth-order valence-corrected chi connectivity index (χ4v) is 1.60. The Morgan fingerprint density at radius 1 is 1.57 bits per heavy atom. The van der Waals surface area contributed by atoms with Gasteiger partial charge in [-0.05, 0) is 19.4 Å². The van der Waals surface area contributed by atoms with Crippen molar-refractivity contribution < 1.29 is 14.7 Å². The largest absolute Gasteiger partial charge is 0.481 e. The second-order valence-electron chi connectivity index (χ2n) is 3.57. The van der Waals surface area contributed by atoms with E-state index in [1.807, 2.05) is 0 Å². The Morgan fingerprint density at radius 3 is 2.79 bits per heavy atom. The molecule has 1 rings (SSSR count). The van der Waals surface area contributed by atoms with Crippen LogP contribution in [0, 0.1) is 5.92 Å². The number of unbranched alkanes of at least 4 members (excludes halogenated alkanes) is 1. The lowest BCUT2D eigenvalue weighted by Crippen LogP contribution is -2.27. The van der Waals surface area contributed by atoms with Crippen LogP contribution in [-0.4, -0.2) is 41.5 Å². The van der Waals surface area contributed by atoms with Crippen LogP contribution >= 0.6 is 0 Å². The van der Waals surface area contributed by atoms with E-state index in [0.717, 1.165) is 12.8 Å². The van der Waals surface area contributed by atoms with Crippen LogP contribution in [0.5, 0.6) is 0 Å². The smallest absolute Gasteiger partial charge is 0.308 e. The van der Waals surface area contributed by atoms with Gasteiger partial charge in [-0.25, -0.2) is 0 Å². The van der Waals surface area contributed by atoms with Crippen molar-refractivity contribution in [3.8, 4) is 0 Å². The maximum atomic E-state index is 11.3. The van der Waals surface area contributed by atoms with Gasteiger partial charge >= 0.3 is 5.97 Å². The lowest BCUT2D eigenvalue weighted by Gasteiger charge is -2.15. The van der Waals surface area contributed by atoms with E-state index in [9.17, 15) is 9.59 Å². The summed E-state index contributed by atoms with van der Waals surface area (Å²) in [6.45, 7) is 1.61. The van der Waals surface area contributed by atoms with E-state index in [-0.39, 0.29) is 12.3 Å². The molecule has 3 N–H and O–H groups in total. The quantitative estimate of drug-likeness (QED) is 0.594. The van der Waals surface area contributed by atoms with Gasteiger partial charge in [0, 0.05) is 19.5 Å². The first kappa shape index (κ1) is 11.0. The Morgan fingerprint density at radius 2 is 2.29 bits per heavy atom. The molecule has 0 radical (unpaired) electrons. The van der Waals surface area contributed by atoms with Gasteiger partial charge in [-0.1, -0.05) is 0 Å². The van der Waals surface area contributed by atoms with Crippen molar-refractivity contribution in [2.75, 3.05) is 19.6 Å². The summed E-state index contributed by atoms with van der Waals surface area (Å²) in [5, 5.41) is 8.72. The molecule has 0 aromatic heterocycles. The SMILES string of the molecule is NCCCCN1CC(C(=O)O)CC1=O. The molecule has 1 saturated heterocycles. The van der Waals surface area contributed by atoms with E-state index < -0.39 is 11.9 Å². The number of carbonyl (C=O) groups excluding carboxylic acids is 1. The van der Waals surface area contributed by atoms with Crippen LogP contribution in [0.3, 0.4) is 0 Å². The fraction of sp³-hybridized carbons (Fsp3) is 0.778. The summed E-state index contributed by atoms with van der Waals surface area (Å²) in [5.41, 5.74) is 5.33. The molecule has 1 heterocycles. The molecule has 5 heteroatoms. The highest BCUT2D eigenvalue weighted by molar-refractivity contribution is 5.86. The summed E-state index contributed by atoms with van der Waals surface area (Å²) in [5.74, 6) is -1.44. The molecule has 0 saturated carbocycles. The average Bonchev–Trinajstić information content (AvgIpc) is 2.49. The molecular formula is C9H16N2O3. The monoisotopic (exact) mass is 200 g/mol. The number of nitrogens with two attached hydrogens (primary N) is 1. The van der Waals surface area contributed by atoms with E-state index in [2.05, 4.69) is 0 Å². The number of carbonyl (C=O) groups is 2. The zero-order valence-electron chi connectivity index (χ0n) is 8.11. The van der Waals surface area contributed by atoms with Crippen molar-refractivity contribution in [2.24, 2.45) is 11.7 Å². The first-order valence-electron chi connectivity index (χ1n) is 4.85. The molecule has 14 heavy (non-hydrogen) atoms. The van der Waals surface area contributed by atoms with Crippen LogP contribution in [0.4, 0.5) is 0 Å². The van der Waals surface area contributed by atoms with E-state index in [4.69, 9.17) is 10.8 Å². The van der Waals surface area contributed by atoms with E-state index in [0.29, 0.717) is 19.6 Å². The van der Waals surface area contributed by atoms with Crippen LogP contribution in [-0.2, 0) is 9.59 Å². The highest BCUT2D eigenvalue weighted by atomic mass is 16.4. The van der Waals surface area contributed by atoms with Crippen LogP contribution in [0.2, 0.25) is 0 Å². The topological polar surface area (TPSA) is 83.6 Å². The highest BCUT2D eigenvalue weighted by Crippen LogP contribution is 2.18. The predicted octanol–water partition coefficient (Wildman–Crippen LogP) is -0.342. The van der Waals surface area contributed by atoms with Gasteiger partial charge in [-0.15, -0.1) is 0 Å². The second-order valence-corrected chi connectivity index (χ2v) is 3.57. The van der Waals surface area contributed by atoms with Gasteiger partial charge in [0.2, 0.25) is 5.91 Å². The van der Waals surface area contributed by atoms with E-state index in [1.54, 1.807) is 4.90 Å². The van der Waals surface area contributed by atoms with Gasteiger partial charge in [-0.3, -0.25) is 9.59 Å². The van der Waals surface area contributed by atoms with E-state index in [1.165, 1.54) is 0 Å². The summed E-state index contributed by atoms with van der Waals surface area (Å²) in [6.07, 6.45) is 1.88. The molecule has 1 unspecified atom stereocenters. The third kappa shape index (κ3) is 2.70.